The van der Waals surface area contributed by atoms with Crippen LogP contribution in [-0.4, -0.2) is 33.4 Å². The number of rotatable bonds is 7. The number of aromatic nitrogens is 2. The predicted molar refractivity (Wildman–Crippen MR) is 161 cm³/mol. The smallest absolute Gasteiger partial charge is 0.253 e. The van der Waals surface area contributed by atoms with Crippen LogP contribution in [0.5, 0.6) is 11.5 Å². The number of para-hydroxylation sites is 1. The number of hydrogen-bond acceptors (Lipinski definition) is 4. The zero-order valence-electron chi connectivity index (χ0n) is 23.5. The number of anilines is 1. The molecular weight excluding hydrogens is 496 g/mol. The Labute approximate surface area is 237 Å². The summed E-state index contributed by atoms with van der Waals surface area (Å²) in [5.74, 6) is 2.56. The van der Waals surface area contributed by atoms with E-state index in [9.17, 15) is 4.79 Å². The second-order valence-electron chi connectivity index (χ2n) is 11.6. The molecule has 208 valence electrons. The Morgan fingerprint density at radius 1 is 0.875 bits per heavy atom. The summed E-state index contributed by atoms with van der Waals surface area (Å²) in [6.45, 7) is 0. The van der Waals surface area contributed by atoms with Crippen LogP contribution in [0.15, 0.2) is 72.8 Å². The SMILES string of the molecule is CN(C(=O)c1cccc(C(C2CCCCC2)n2c(N)nc3ccc(Oc4ccccc4)cc32)c1)C1CCCCC1. The molecule has 6 rings (SSSR count). The summed E-state index contributed by atoms with van der Waals surface area (Å²) in [4.78, 5) is 20.4. The second-order valence-corrected chi connectivity index (χ2v) is 11.6. The maximum atomic E-state index is 13.6. The summed E-state index contributed by atoms with van der Waals surface area (Å²) in [5.41, 5.74) is 10.4. The van der Waals surface area contributed by atoms with E-state index in [0.717, 1.165) is 59.3 Å². The molecule has 0 spiro atoms. The summed E-state index contributed by atoms with van der Waals surface area (Å²) in [6, 6.07) is 24.4. The number of nitrogens with zero attached hydrogens (tertiary/aromatic N) is 3. The van der Waals surface area contributed by atoms with Gasteiger partial charge in [-0.3, -0.25) is 4.79 Å². The predicted octanol–water partition coefficient (Wildman–Crippen LogP) is 7.99. The summed E-state index contributed by atoms with van der Waals surface area (Å²) in [7, 11) is 1.97. The number of hydrogen-bond donors (Lipinski definition) is 1. The third-order valence-electron chi connectivity index (χ3n) is 8.96. The zero-order valence-corrected chi connectivity index (χ0v) is 23.5. The van der Waals surface area contributed by atoms with Gasteiger partial charge in [-0.1, -0.05) is 68.9 Å². The van der Waals surface area contributed by atoms with Crippen molar-refractivity contribution in [3.63, 3.8) is 0 Å². The minimum Gasteiger partial charge on any atom is -0.457 e. The molecule has 2 aliphatic rings. The van der Waals surface area contributed by atoms with Crippen LogP contribution in [0, 0.1) is 5.92 Å². The third-order valence-corrected chi connectivity index (χ3v) is 8.96. The molecule has 1 aromatic heterocycles. The molecule has 6 nitrogen and oxygen atoms in total. The van der Waals surface area contributed by atoms with Gasteiger partial charge in [0.25, 0.3) is 5.91 Å². The van der Waals surface area contributed by atoms with Gasteiger partial charge in [-0.05, 0) is 73.6 Å². The van der Waals surface area contributed by atoms with Crippen LogP contribution in [0.4, 0.5) is 5.95 Å². The Balaban J connectivity index is 1.39. The summed E-state index contributed by atoms with van der Waals surface area (Å²) >= 11 is 0. The van der Waals surface area contributed by atoms with E-state index in [1.807, 2.05) is 72.6 Å². The lowest BCUT2D eigenvalue weighted by atomic mass is 9.80. The lowest BCUT2D eigenvalue weighted by Crippen LogP contribution is -2.38. The van der Waals surface area contributed by atoms with Gasteiger partial charge in [0.1, 0.15) is 11.5 Å². The van der Waals surface area contributed by atoms with Gasteiger partial charge in [0, 0.05) is 24.7 Å². The van der Waals surface area contributed by atoms with Crippen molar-refractivity contribution >= 4 is 22.9 Å². The number of nitrogen functional groups attached to an aromatic ring is 1. The molecule has 0 bridgehead atoms. The highest BCUT2D eigenvalue weighted by atomic mass is 16.5. The third kappa shape index (κ3) is 5.45. The topological polar surface area (TPSA) is 73.4 Å². The van der Waals surface area contributed by atoms with E-state index < -0.39 is 0 Å². The van der Waals surface area contributed by atoms with E-state index in [4.69, 9.17) is 15.5 Å². The lowest BCUT2D eigenvalue weighted by molar-refractivity contribution is 0.0696. The van der Waals surface area contributed by atoms with Gasteiger partial charge in [-0.15, -0.1) is 0 Å². The van der Waals surface area contributed by atoms with Gasteiger partial charge in [0.2, 0.25) is 5.95 Å². The average Bonchev–Trinajstić information content (AvgIpc) is 3.33. The van der Waals surface area contributed by atoms with E-state index >= 15 is 0 Å². The largest absolute Gasteiger partial charge is 0.457 e. The minimum absolute atomic E-state index is 0.00925. The van der Waals surface area contributed by atoms with Crippen molar-refractivity contribution in [1.82, 2.24) is 14.5 Å². The van der Waals surface area contributed by atoms with Crippen molar-refractivity contribution in [2.45, 2.75) is 76.3 Å². The minimum atomic E-state index is -0.00925. The highest BCUT2D eigenvalue weighted by Crippen LogP contribution is 2.41. The second kappa shape index (κ2) is 11.7. The molecule has 0 radical (unpaired) electrons. The molecule has 4 aromatic rings. The molecule has 2 aliphatic carbocycles. The number of nitrogens with two attached hydrogens (primary N) is 1. The maximum absolute atomic E-state index is 13.6. The number of benzene rings is 3. The molecule has 0 aliphatic heterocycles. The van der Waals surface area contributed by atoms with E-state index in [1.54, 1.807) is 0 Å². The van der Waals surface area contributed by atoms with Crippen LogP contribution in [0.2, 0.25) is 0 Å². The molecule has 1 atom stereocenters. The van der Waals surface area contributed by atoms with Gasteiger partial charge < -0.3 is 19.9 Å². The molecule has 0 saturated heterocycles. The molecule has 6 heteroatoms. The monoisotopic (exact) mass is 536 g/mol. The Kier molecular flexibility index (Phi) is 7.76. The lowest BCUT2D eigenvalue weighted by Gasteiger charge is -2.33. The Morgan fingerprint density at radius 2 is 1.60 bits per heavy atom. The Morgan fingerprint density at radius 3 is 2.35 bits per heavy atom. The van der Waals surface area contributed by atoms with Crippen molar-refractivity contribution in [3.05, 3.63) is 83.9 Å². The van der Waals surface area contributed by atoms with E-state index in [2.05, 4.69) is 16.7 Å². The molecule has 40 heavy (non-hydrogen) atoms. The first-order chi connectivity index (χ1) is 19.6. The molecule has 1 unspecified atom stereocenters. The van der Waals surface area contributed by atoms with Gasteiger partial charge in [-0.25, -0.2) is 4.98 Å². The van der Waals surface area contributed by atoms with Crippen molar-refractivity contribution in [3.8, 4) is 11.5 Å². The summed E-state index contributed by atoms with van der Waals surface area (Å²) in [6.07, 6.45) is 11.8. The molecule has 1 amide bonds. The van der Waals surface area contributed by atoms with Gasteiger partial charge in [-0.2, -0.15) is 0 Å². The normalized spacial score (nSPS) is 17.5. The van der Waals surface area contributed by atoms with Gasteiger partial charge >= 0.3 is 0 Å². The average molecular weight is 537 g/mol. The number of carbonyl (C=O) groups excluding carboxylic acids is 1. The Hall–Kier alpha value is -3.80. The van der Waals surface area contributed by atoms with Crippen LogP contribution < -0.4 is 10.5 Å². The van der Waals surface area contributed by atoms with E-state index in [0.29, 0.717) is 17.9 Å². The first-order valence-electron chi connectivity index (χ1n) is 15.0. The molecule has 2 saturated carbocycles. The summed E-state index contributed by atoms with van der Waals surface area (Å²) < 4.78 is 8.38. The number of fused-ring (bicyclic) bond motifs is 1. The maximum Gasteiger partial charge on any atom is 0.253 e. The number of ether oxygens (including phenoxy) is 1. The van der Waals surface area contributed by atoms with Crippen molar-refractivity contribution < 1.29 is 9.53 Å². The highest BCUT2D eigenvalue weighted by Gasteiger charge is 2.31. The first-order valence-corrected chi connectivity index (χ1v) is 15.0. The Bertz CT molecular complexity index is 1450. The van der Waals surface area contributed by atoms with Crippen molar-refractivity contribution in [2.24, 2.45) is 5.92 Å². The number of imidazole rings is 1. The standard InChI is InChI=1S/C34H40N4O2/c1-37(27-16-7-3-8-17-27)33(39)26-15-11-14-25(22-26)32(24-12-5-2-6-13-24)38-31-23-29(20-21-30(31)36-34(38)35)40-28-18-9-4-10-19-28/h4,9-11,14-15,18-24,27,32H,2-3,5-8,12-13,16-17H2,1H3,(H2,35,36). The van der Waals surface area contributed by atoms with Crippen LogP contribution >= 0.6 is 0 Å². The molecule has 3 aromatic carbocycles. The molecular formula is C34H40N4O2. The zero-order chi connectivity index (χ0) is 27.5. The fourth-order valence-electron chi connectivity index (χ4n) is 6.85. The van der Waals surface area contributed by atoms with Crippen LogP contribution in [0.25, 0.3) is 11.0 Å². The molecule has 2 N–H and O–H groups in total. The van der Waals surface area contributed by atoms with Gasteiger partial charge in [0.15, 0.2) is 0 Å². The van der Waals surface area contributed by atoms with Crippen molar-refractivity contribution in [1.29, 1.82) is 0 Å². The van der Waals surface area contributed by atoms with Crippen molar-refractivity contribution in [2.75, 3.05) is 12.8 Å². The fourth-order valence-corrected chi connectivity index (χ4v) is 6.85. The molecule has 1 heterocycles. The fraction of sp³-hybridized carbons (Fsp3) is 0.412. The summed E-state index contributed by atoms with van der Waals surface area (Å²) in [5, 5.41) is 0. The van der Waals surface area contributed by atoms with Gasteiger partial charge in [0.05, 0.1) is 17.1 Å². The molecule has 2 fully saturated rings. The first kappa shape index (κ1) is 26.4. The van der Waals surface area contributed by atoms with Crippen LogP contribution in [-0.2, 0) is 0 Å². The quantitative estimate of drug-likeness (QED) is 0.260. The van der Waals surface area contributed by atoms with Crippen LogP contribution in [0.1, 0.15) is 86.2 Å². The number of amides is 1. The van der Waals surface area contributed by atoms with E-state index in [1.165, 1.54) is 38.5 Å². The van der Waals surface area contributed by atoms with E-state index in [-0.39, 0.29) is 11.9 Å². The highest BCUT2D eigenvalue weighted by molar-refractivity contribution is 5.94. The van der Waals surface area contributed by atoms with Crippen LogP contribution in [0.3, 0.4) is 0 Å². The number of carbonyl (C=O) groups is 1.